The van der Waals surface area contributed by atoms with Crippen molar-refractivity contribution in [2.45, 2.75) is 39.7 Å². The summed E-state index contributed by atoms with van der Waals surface area (Å²) in [5, 5.41) is 0.536. The van der Waals surface area contributed by atoms with E-state index in [1.807, 2.05) is 24.3 Å². The van der Waals surface area contributed by atoms with Crippen LogP contribution in [0.5, 0.6) is 5.75 Å². The Morgan fingerprint density at radius 1 is 1.23 bits per heavy atom. The lowest BCUT2D eigenvalue weighted by molar-refractivity contribution is -0.139. The van der Waals surface area contributed by atoms with E-state index in [0.717, 1.165) is 5.56 Å². The van der Waals surface area contributed by atoms with Gasteiger partial charge in [0.15, 0.2) is 4.80 Å². The molecule has 1 unspecified atom stereocenters. The van der Waals surface area contributed by atoms with Gasteiger partial charge in [-0.05, 0) is 55.2 Å². The predicted molar refractivity (Wildman–Crippen MR) is 139 cm³/mol. The van der Waals surface area contributed by atoms with E-state index >= 15 is 0 Å². The predicted octanol–water partition coefficient (Wildman–Crippen LogP) is 4.58. The molecule has 0 aliphatic carbocycles. The van der Waals surface area contributed by atoms with E-state index in [9.17, 15) is 9.59 Å². The summed E-state index contributed by atoms with van der Waals surface area (Å²) in [7, 11) is 1.57. The standard InChI is InChI=1S/C27H27ClN2O4S/c1-6-34-26(32)23-16(4)29-27-30(24(23)18-9-7-17(8-10-18)15(2)3)25(31)22(35-27)14-19-13-20(28)11-12-21(19)33-5/h7-15,24H,6H2,1-5H3. The fourth-order valence-corrected chi connectivity index (χ4v) is 5.35. The van der Waals surface area contributed by atoms with E-state index in [0.29, 0.717) is 42.9 Å². The van der Waals surface area contributed by atoms with Crippen LogP contribution in [0.1, 0.15) is 56.3 Å². The number of methoxy groups -OCH3 is 1. The van der Waals surface area contributed by atoms with Crippen molar-refractivity contribution in [3.8, 4) is 5.75 Å². The number of hydrogen-bond acceptors (Lipinski definition) is 6. The van der Waals surface area contributed by atoms with Crippen molar-refractivity contribution < 1.29 is 14.3 Å². The Kier molecular flexibility index (Phi) is 7.28. The van der Waals surface area contributed by atoms with Crippen molar-refractivity contribution in [3.63, 3.8) is 0 Å². The Morgan fingerprint density at radius 3 is 2.57 bits per heavy atom. The summed E-state index contributed by atoms with van der Waals surface area (Å²) in [6, 6.07) is 12.6. The van der Waals surface area contributed by atoms with E-state index in [4.69, 9.17) is 21.1 Å². The van der Waals surface area contributed by atoms with Gasteiger partial charge in [-0.1, -0.05) is 61.1 Å². The van der Waals surface area contributed by atoms with E-state index in [1.165, 1.54) is 16.9 Å². The Balaban J connectivity index is 1.95. The number of rotatable bonds is 6. The smallest absolute Gasteiger partial charge is 0.338 e. The lowest BCUT2D eigenvalue weighted by Crippen LogP contribution is -2.39. The molecule has 0 bridgehead atoms. The van der Waals surface area contributed by atoms with Crippen LogP contribution in [0, 0.1) is 0 Å². The molecule has 1 atom stereocenters. The molecule has 1 aliphatic heterocycles. The minimum Gasteiger partial charge on any atom is -0.496 e. The summed E-state index contributed by atoms with van der Waals surface area (Å²) in [5.74, 6) is 0.488. The molecule has 2 aromatic carbocycles. The van der Waals surface area contributed by atoms with Crippen molar-refractivity contribution in [3.05, 3.63) is 95.1 Å². The number of allylic oxidation sites excluding steroid dienone is 1. The Morgan fingerprint density at radius 2 is 1.94 bits per heavy atom. The number of esters is 1. The van der Waals surface area contributed by atoms with Crippen LogP contribution in [0.2, 0.25) is 5.02 Å². The largest absolute Gasteiger partial charge is 0.496 e. The molecular formula is C27H27ClN2O4S. The first-order valence-corrected chi connectivity index (χ1v) is 12.6. The molecule has 1 aromatic heterocycles. The normalized spacial score (nSPS) is 15.7. The second-order valence-electron chi connectivity index (χ2n) is 8.51. The number of halogens is 1. The number of nitrogens with zero attached hydrogens (tertiary/aromatic N) is 2. The lowest BCUT2D eigenvalue weighted by atomic mass is 9.93. The number of benzene rings is 2. The number of carbonyl (C=O) groups is 1. The maximum absolute atomic E-state index is 13.7. The maximum atomic E-state index is 13.7. The van der Waals surface area contributed by atoms with Crippen molar-refractivity contribution in [1.29, 1.82) is 0 Å². The highest BCUT2D eigenvalue weighted by Crippen LogP contribution is 2.31. The van der Waals surface area contributed by atoms with Crippen LogP contribution in [0.4, 0.5) is 0 Å². The highest BCUT2D eigenvalue weighted by atomic mass is 35.5. The van der Waals surface area contributed by atoms with Gasteiger partial charge in [0.2, 0.25) is 0 Å². The zero-order valence-electron chi connectivity index (χ0n) is 20.3. The Bertz CT molecular complexity index is 1480. The van der Waals surface area contributed by atoms with E-state index < -0.39 is 12.0 Å². The molecule has 0 saturated carbocycles. The van der Waals surface area contributed by atoms with Crippen LogP contribution >= 0.6 is 22.9 Å². The van der Waals surface area contributed by atoms with Crippen LogP contribution in [-0.4, -0.2) is 24.3 Å². The average Bonchev–Trinajstić information content (AvgIpc) is 3.13. The van der Waals surface area contributed by atoms with Gasteiger partial charge < -0.3 is 9.47 Å². The van der Waals surface area contributed by atoms with Crippen molar-refractivity contribution >= 4 is 35.0 Å². The average molecular weight is 511 g/mol. The highest BCUT2D eigenvalue weighted by Gasteiger charge is 2.33. The van der Waals surface area contributed by atoms with Crippen LogP contribution < -0.4 is 19.6 Å². The SMILES string of the molecule is CCOC(=O)C1=C(C)N=c2sc(=Cc3cc(Cl)ccc3OC)c(=O)n2C1c1ccc(C(C)C)cc1. The topological polar surface area (TPSA) is 69.9 Å². The van der Waals surface area contributed by atoms with Crippen LogP contribution in [0.3, 0.4) is 0 Å². The fraction of sp³-hybridized carbons (Fsp3) is 0.296. The van der Waals surface area contributed by atoms with Crippen molar-refractivity contribution in [2.24, 2.45) is 4.99 Å². The van der Waals surface area contributed by atoms with Gasteiger partial charge in [0.05, 0.1) is 35.6 Å². The molecule has 6 nitrogen and oxygen atoms in total. The molecular weight excluding hydrogens is 484 g/mol. The molecule has 2 heterocycles. The molecule has 0 N–H and O–H groups in total. The molecule has 35 heavy (non-hydrogen) atoms. The van der Waals surface area contributed by atoms with Crippen molar-refractivity contribution in [1.82, 2.24) is 4.57 Å². The second kappa shape index (κ2) is 10.2. The number of fused-ring (bicyclic) bond motifs is 1. The monoisotopic (exact) mass is 510 g/mol. The third-order valence-corrected chi connectivity index (χ3v) is 7.13. The maximum Gasteiger partial charge on any atom is 0.338 e. The Hall–Kier alpha value is -3.16. The summed E-state index contributed by atoms with van der Waals surface area (Å²) in [4.78, 5) is 31.9. The summed E-state index contributed by atoms with van der Waals surface area (Å²) in [6.07, 6.45) is 1.75. The number of thiazole rings is 1. The highest BCUT2D eigenvalue weighted by molar-refractivity contribution is 7.07. The first kappa shape index (κ1) is 24.9. The second-order valence-corrected chi connectivity index (χ2v) is 9.96. The molecule has 0 radical (unpaired) electrons. The van der Waals surface area contributed by atoms with E-state index in [-0.39, 0.29) is 12.2 Å². The Labute approximate surface area is 212 Å². The summed E-state index contributed by atoms with van der Waals surface area (Å²) < 4.78 is 12.8. The molecule has 8 heteroatoms. The lowest BCUT2D eigenvalue weighted by Gasteiger charge is -2.25. The molecule has 0 amide bonds. The van der Waals surface area contributed by atoms with E-state index in [1.54, 1.807) is 49.8 Å². The van der Waals surface area contributed by atoms with Gasteiger partial charge in [0.1, 0.15) is 5.75 Å². The molecule has 4 rings (SSSR count). The molecule has 0 spiro atoms. The molecule has 182 valence electrons. The third kappa shape index (κ3) is 4.83. The number of ether oxygens (including phenoxy) is 2. The quantitative estimate of drug-likeness (QED) is 0.455. The van der Waals surface area contributed by atoms with Gasteiger partial charge in [0, 0.05) is 10.6 Å². The number of carbonyl (C=O) groups excluding carboxylic acids is 1. The summed E-state index contributed by atoms with van der Waals surface area (Å²) >= 11 is 7.45. The molecule has 3 aromatic rings. The van der Waals surface area contributed by atoms with Crippen LogP contribution in [-0.2, 0) is 9.53 Å². The van der Waals surface area contributed by atoms with Gasteiger partial charge in [-0.25, -0.2) is 9.79 Å². The van der Waals surface area contributed by atoms with Crippen LogP contribution in [0.25, 0.3) is 6.08 Å². The minimum absolute atomic E-state index is 0.230. The number of aromatic nitrogens is 1. The fourth-order valence-electron chi connectivity index (χ4n) is 4.13. The van der Waals surface area contributed by atoms with E-state index in [2.05, 4.69) is 18.8 Å². The molecule has 0 saturated heterocycles. The summed E-state index contributed by atoms with van der Waals surface area (Å²) in [6.45, 7) is 8.01. The minimum atomic E-state index is -0.644. The van der Waals surface area contributed by atoms with Gasteiger partial charge >= 0.3 is 5.97 Å². The molecule has 1 aliphatic rings. The van der Waals surface area contributed by atoms with Gasteiger partial charge in [-0.15, -0.1) is 0 Å². The first-order valence-electron chi connectivity index (χ1n) is 11.4. The third-order valence-electron chi connectivity index (χ3n) is 5.91. The summed E-state index contributed by atoms with van der Waals surface area (Å²) in [5.41, 5.74) is 3.33. The molecule has 0 fully saturated rings. The zero-order chi connectivity index (χ0) is 25.3. The van der Waals surface area contributed by atoms with Gasteiger partial charge in [0.25, 0.3) is 5.56 Å². The van der Waals surface area contributed by atoms with Crippen molar-refractivity contribution in [2.75, 3.05) is 13.7 Å². The zero-order valence-corrected chi connectivity index (χ0v) is 21.9. The van der Waals surface area contributed by atoms with Gasteiger partial charge in [-0.3, -0.25) is 9.36 Å². The number of hydrogen-bond donors (Lipinski definition) is 0. The van der Waals surface area contributed by atoms with Gasteiger partial charge in [-0.2, -0.15) is 0 Å². The first-order chi connectivity index (χ1) is 16.7. The van der Waals surface area contributed by atoms with Crippen LogP contribution in [0.15, 0.2) is 63.5 Å².